The summed E-state index contributed by atoms with van der Waals surface area (Å²) in [5, 5.41) is 21.8. The quantitative estimate of drug-likeness (QED) is 0.228. The molecular weight excluding hydrogens is 536 g/mol. The number of rotatable bonds is 4. The summed E-state index contributed by atoms with van der Waals surface area (Å²) in [4.78, 5) is 23.7. The molecule has 6 aromatic rings. The molecule has 0 unspecified atom stereocenters. The Kier molecular flexibility index (Phi) is 5.69. The zero-order chi connectivity index (χ0) is 28.2. The summed E-state index contributed by atoms with van der Waals surface area (Å²) in [6, 6.07) is 32.7. The summed E-state index contributed by atoms with van der Waals surface area (Å²) in [5.74, 6) is -0.835. The molecule has 7 heteroatoms. The molecule has 0 spiro atoms. The van der Waals surface area contributed by atoms with Gasteiger partial charge in [-0.25, -0.2) is 13.8 Å². The first kappa shape index (κ1) is 24.7. The first-order valence-corrected chi connectivity index (χ1v) is 13.9. The number of benzene rings is 6. The summed E-state index contributed by atoms with van der Waals surface area (Å²) in [7, 11) is -1.51. The number of carboxylic acid groups (broad SMARTS) is 2. The van der Waals surface area contributed by atoms with Crippen molar-refractivity contribution in [2.75, 3.05) is 0 Å². The lowest BCUT2D eigenvalue weighted by Gasteiger charge is -2.23. The van der Waals surface area contributed by atoms with Crippen molar-refractivity contribution < 1.29 is 28.7 Å². The average molecular weight is 557 g/mol. The van der Waals surface area contributed by atoms with Crippen LogP contribution in [0.1, 0.15) is 20.7 Å². The molecule has 1 aliphatic heterocycles. The third-order valence-corrected chi connectivity index (χ3v) is 8.97. The Balaban J connectivity index is 1.29. The van der Waals surface area contributed by atoms with Crippen LogP contribution in [-0.4, -0.2) is 26.4 Å². The molecule has 7 rings (SSSR count). The minimum Gasteiger partial charge on any atom is -0.478 e. The molecule has 0 bridgehead atoms. The monoisotopic (exact) mass is 556 g/mol. The van der Waals surface area contributed by atoms with Gasteiger partial charge in [0.25, 0.3) is 0 Å². The van der Waals surface area contributed by atoms with Crippen molar-refractivity contribution in [3.8, 4) is 33.8 Å². The van der Waals surface area contributed by atoms with Gasteiger partial charge in [0.15, 0.2) is 0 Å². The number of hydrogen-bond acceptors (Lipinski definition) is 4. The van der Waals surface area contributed by atoms with E-state index in [1.807, 2.05) is 60.7 Å². The maximum atomic E-state index is 14.2. The summed E-state index contributed by atoms with van der Waals surface area (Å²) in [6.45, 7) is 0. The van der Waals surface area contributed by atoms with Crippen molar-refractivity contribution in [2.45, 2.75) is 9.79 Å². The predicted octanol–water partition coefficient (Wildman–Crippen LogP) is 8.00. The van der Waals surface area contributed by atoms with Crippen molar-refractivity contribution >= 4 is 44.3 Å². The van der Waals surface area contributed by atoms with E-state index in [1.165, 1.54) is 0 Å². The smallest absolute Gasteiger partial charge is 0.335 e. The molecule has 0 amide bonds. The van der Waals surface area contributed by atoms with Crippen LogP contribution in [0.15, 0.2) is 119 Å². The van der Waals surface area contributed by atoms with E-state index in [4.69, 9.17) is 4.74 Å². The highest BCUT2D eigenvalue weighted by Gasteiger charge is 2.28. The number of fused-ring (bicyclic) bond motifs is 6. The fourth-order valence-electron chi connectivity index (χ4n) is 5.30. The molecule has 41 heavy (non-hydrogen) atoms. The van der Waals surface area contributed by atoms with Crippen LogP contribution in [0.2, 0.25) is 0 Å². The second-order valence-corrected chi connectivity index (χ2v) is 11.1. The molecule has 1 aliphatic rings. The van der Waals surface area contributed by atoms with Gasteiger partial charge in [0.1, 0.15) is 11.5 Å². The van der Waals surface area contributed by atoms with Gasteiger partial charge in [0.05, 0.1) is 31.7 Å². The molecule has 6 aromatic carbocycles. The highest BCUT2D eigenvalue weighted by Crippen LogP contribution is 2.47. The van der Waals surface area contributed by atoms with Gasteiger partial charge >= 0.3 is 11.9 Å². The van der Waals surface area contributed by atoms with E-state index in [2.05, 4.69) is 0 Å². The number of aromatic carboxylic acids is 2. The lowest BCUT2D eigenvalue weighted by molar-refractivity contribution is 0.0686. The van der Waals surface area contributed by atoms with E-state index in [1.54, 1.807) is 48.5 Å². The third kappa shape index (κ3) is 4.15. The molecular formula is C34H20O6S. The van der Waals surface area contributed by atoms with Gasteiger partial charge in [0.2, 0.25) is 0 Å². The zero-order valence-corrected chi connectivity index (χ0v) is 22.1. The highest BCUT2D eigenvalue weighted by molar-refractivity contribution is 7.86. The molecule has 0 saturated heterocycles. The van der Waals surface area contributed by atoms with Crippen molar-refractivity contribution in [1.82, 2.24) is 0 Å². The molecule has 198 valence electrons. The van der Waals surface area contributed by atoms with Crippen LogP contribution in [0, 0.1) is 0 Å². The fraction of sp³-hybridized carbons (Fsp3) is 0. The zero-order valence-electron chi connectivity index (χ0n) is 21.3. The first-order chi connectivity index (χ1) is 19.9. The topological polar surface area (TPSA) is 101 Å². The summed E-state index contributed by atoms with van der Waals surface area (Å²) in [5.41, 5.74) is 4.07. The Morgan fingerprint density at radius 3 is 1.29 bits per heavy atom. The largest absolute Gasteiger partial charge is 0.478 e. The first-order valence-electron chi connectivity index (χ1n) is 12.8. The number of hydrogen-bond donors (Lipinski definition) is 2. The predicted molar refractivity (Wildman–Crippen MR) is 157 cm³/mol. The fourth-order valence-corrected chi connectivity index (χ4v) is 6.86. The molecule has 0 saturated carbocycles. The average Bonchev–Trinajstić information content (AvgIpc) is 3.00. The number of ether oxygens (including phenoxy) is 1. The van der Waals surface area contributed by atoms with E-state index in [-0.39, 0.29) is 11.1 Å². The molecule has 0 aliphatic carbocycles. The molecule has 6 nitrogen and oxygen atoms in total. The van der Waals surface area contributed by atoms with Crippen LogP contribution in [0.25, 0.3) is 43.8 Å². The molecule has 1 heterocycles. The van der Waals surface area contributed by atoms with Gasteiger partial charge in [-0.15, -0.1) is 0 Å². The standard InChI is InChI=1S/C34H20O6S/c35-33(36)21-5-1-19(2-6-21)23-9-13-27-25(17-23)11-15-29-31(27)41(39)32-28-14-10-24(18-26(28)12-16-30(32)40-29)20-3-7-22(8-4-20)34(37)38/h1-18H,(H,35,36)(H,37,38). The van der Waals surface area contributed by atoms with Crippen molar-refractivity contribution in [3.63, 3.8) is 0 Å². The van der Waals surface area contributed by atoms with Crippen LogP contribution in [0.4, 0.5) is 0 Å². The Morgan fingerprint density at radius 2 is 0.902 bits per heavy atom. The van der Waals surface area contributed by atoms with Crippen LogP contribution < -0.4 is 4.74 Å². The second kappa shape index (κ2) is 9.43. The van der Waals surface area contributed by atoms with E-state index in [0.717, 1.165) is 43.8 Å². The summed E-state index contributed by atoms with van der Waals surface area (Å²) >= 11 is 0. The Bertz CT molecular complexity index is 1930. The van der Waals surface area contributed by atoms with Crippen LogP contribution in [-0.2, 0) is 10.8 Å². The summed E-state index contributed by atoms with van der Waals surface area (Å²) in [6.07, 6.45) is 0. The van der Waals surface area contributed by atoms with Gasteiger partial charge in [-0.05, 0) is 81.6 Å². The minimum atomic E-state index is -1.51. The van der Waals surface area contributed by atoms with Gasteiger partial charge < -0.3 is 14.9 Å². The molecule has 0 radical (unpaired) electrons. The van der Waals surface area contributed by atoms with E-state index >= 15 is 0 Å². The van der Waals surface area contributed by atoms with Gasteiger partial charge in [0, 0.05) is 10.8 Å². The maximum Gasteiger partial charge on any atom is 0.335 e. The van der Waals surface area contributed by atoms with E-state index in [9.17, 15) is 24.0 Å². The van der Waals surface area contributed by atoms with Crippen molar-refractivity contribution in [3.05, 3.63) is 120 Å². The van der Waals surface area contributed by atoms with Crippen LogP contribution in [0.5, 0.6) is 11.5 Å². The SMILES string of the molecule is O=C(O)c1ccc(-c2ccc3c4c(ccc3c2)Oc2ccc3cc(-c5ccc(C(=O)O)cc5)ccc3c2S4=O)cc1. The molecule has 0 atom stereocenters. The van der Waals surface area contributed by atoms with Gasteiger partial charge in [-0.1, -0.05) is 60.7 Å². The summed E-state index contributed by atoms with van der Waals surface area (Å²) < 4.78 is 20.4. The maximum absolute atomic E-state index is 14.2. The Morgan fingerprint density at radius 1 is 0.512 bits per heavy atom. The molecule has 2 N–H and O–H groups in total. The number of carbonyl (C=O) groups is 2. The lowest BCUT2D eigenvalue weighted by Crippen LogP contribution is -2.06. The Labute approximate surface area is 236 Å². The van der Waals surface area contributed by atoms with Crippen molar-refractivity contribution in [2.24, 2.45) is 0 Å². The molecule has 0 aromatic heterocycles. The van der Waals surface area contributed by atoms with Crippen LogP contribution in [0.3, 0.4) is 0 Å². The Hall–Kier alpha value is -5.27. The van der Waals surface area contributed by atoms with Crippen molar-refractivity contribution in [1.29, 1.82) is 0 Å². The molecule has 0 fully saturated rings. The van der Waals surface area contributed by atoms with Gasteiger partial charge in [-0.3, -0.25) is 0 Å². The normalized spacial score (nSPS) is 12.5. The van der Waals surface area contributed by atoms with E-state index in [0.29, 0.717) is 21.3 Å². The van der Waals surface area contributed by atoms with Crippen LogP contribution >= 0.6 is 0 Å². The number of carboxylic acids is 2. The van der Waals surface area contributed by atoms with Gasteiger partial charge in [-0.2, -0.15) is 0 Å². The minimum absolute atomic E-state index is 0.227. The lowest BCUT2D eigenvalue weighted by atomic mass is 9.99. The highest BCUT2D eigenvalue weighted by atomic mass is 32.2. The second-order valence-electron chi connectivity index (χ2n) is 9.79. The third-order valence-electron chi connectivity index (χ3n) is 7.39. The van der Waals surface area contributed by atoms with E-state index < -0.39 is 22.7 Å².